The first-order valence-corrected chi connectivity index (χ1v) is 11.5. The van der Waals surface area contributed by atoms with Crippen molar-refractivity contribution in [1.29, 1.82) is 0 Å². The molecule has 0 spiro atoms. The van der Waals surface area contributed by atoms with Crippen LogP contribution in [0.5, 0.6) is 0 Å². The molecule has 0 aromatic carbocycles. The predicted molar refractivity (Wildman–Crippen MR) is 111 cm³/mol. The number of unbranched alkanes of at least 4 members (excludes halogenated alkanes) is 17. The lowest BCUT2D eigenvalue weighted by atomic mass is 10.0. The first-order chi connectivity index (χ1) is 12.7. The van der Waals surface area contributed by atoms with E-state index >= 15 is 0 Å². The third-order valence-corrected chi connectivity index (χ3v) is 5.40. The van der Waals surface area contributed by atoms with Crippen LogP contribution in [0.2, 0.25) is 0 Å². The summed E-state index contributed by atoms with van der Waals surface area (Å²) < 4.78 is 0. The van der Waals surface area contributed by atoms with Gasteiger partial charge in [0.05, 0.1) is 0 Å². The number of aliphatic hydroxyl groups excluding tert-OH is 1. The van der Waals surface area contributed by atoms with E-state index in [-0.39, 0.29) is 11.5 Å². The Bertz CT molecular complexity index is 297. The second kappa shape index (κ2) is 20.7. The molecule has 0 heterocycles. The lowest BCUT2D eigenvalue weighted by Gasteiger charge is -2.06. The average molecular weight is 372 g/mol. The van der Waals surface area contributed by atoms with Gasteiger partial charge in [-0.3, -0.25) is 10.1 Å². The molecule has 0 bridgehead atoms. The molecule has 0 aromatic heterocycles. The number of nitro groups is 1. The standard InChI is InChI=1S/C22H45NO3/c1-2-3-4-5-6-7-8-9-10-11-12-13-14-15-16-17-18-19-20-22(21-24)23(25)26/h22,24H,2-21H2,1H3. The van der Waals surface area contributed by atoms with E-state index in [1.54, 1.807) is 0 Å². The van der Waals surface area contributed by atoms with Gasteiger partial charge in [0.1, 0.15) is 6.61 Å². The molecule has 4 heteroatoms. The third kappa shape index (κ3) is 18.2. The Morgan fingerprint density at radius 3 is 1.23 bits per heavy atom. The summed E-state index contributed by atoms with van der Waals surface area (Å²) in [6, 6.07) is -0.754. The lowest BCUT2D eigenvalue weighted by molar-refractivity contribution is -0.526. The molecule has 0 aliphatic carbocycles. The highest BCUT2D eigenvalue weighted by atomic mass is 16.6. The van der Waals surface area contributed by atoms with Gasteiger partial charge >= 0.3 is 0 Å². The Morgan fingerprint density at radius 1 is 0.654 bits per heavy atom. The van der Waals surface area contributed by atoms with Crippen LogP contribution in [0, 0.1) is 10.1 Å². The van der Waals surface area contributed by atoms with Crippen molar-refractivity contribution < 1.29 is 10.0 Å². The molecule has 0 amide bonds. The Hall–Kier alpha value is -0.640. The highest BCUT2D eigenvalue weighted by molar-refractivity contribution is 4.55. The van der Waals surface area contributed by atoms with Crippen molar-refractivity contribution in [3.05, 3.63) is 10.1 Å². The van der Waals surface area contributed by atoms with Gasteiger partial charge in [-0.05, 0) is 6.42 Å². The molecule has 4 nitrogen and oxygen atoms in total. The molecular formula is C22H45NO3. The average Bonchev–Trinajstić information content (AvgIpc) is 2.63. The van der Waals surface area contributed by atoms with Gasteiger partial charge in [0.25, 0.3) is 0 Å². The van der Waals surface area contributed by atoms with E-state index < -0.39 is 6.04 Å². The van der Waals surface area contributed by atoms with Crippen LogP contribution < -0.4 is 0 Å². The summed E-state index contributed by atoms with van der Waals surface area (Å²) in [6.45, 7) is 1.95. The number of rotatable bonds is 21. The van der Waals surface area contributed by atoms with E-state index in [1.165, 1.54) is 103 Å². The lowest BCUT2D eigenvalue weighted by Crippen LogP contribution is -2.23. The summed E-state index contributed by atoms with van der Waals surface area (Å²) in [7, 11) is 0. The van der Waals surface area contributed by atoms with Crippen molar-refractivity contribution in [3.63, 3.8) is 0 Å². The Labute approximate surface area is 162 Å². The Balaban J connectivity index is 3.10. The second-order valence-corrected chi connectivity index (χ2v) is 7.92. The van der Waals surface area contributed by atoms with Crippen molar-refractivity contribution >= 4 is 0 Å². The zero-order valence-corrected chi connectivity index (χ0v) is 17.4. The second-order valence-electron chi connectivity index (χ2n) is 7.92. The van der Waals surface area contributed by atoms with Crippen molar-refractivity contribution in [3.8, 4) is 0 Å². The van der Waals surface area contributed by atoms with Gasteiger partial charge in [0.2, 0.25) is 6.04 Å². The van der Waals surface area contributed by atoms with Crippen molar-refractivity contribution in [2.75, 3.05) is 6.61 Å². The van der Waals surface area contributed by atoms with Gasteiger partial charge in [-0.2, -0.15) is 0 Å². The molecule has 0 aromatic rings. The third-order valence-electron chi connectivity index (χ3n) is 5.40. The Kier molecular flexibility index (Phi) is 20.2. The first-order valence-electron chi connectivity index (χ1n) is 11.5. The van der Waals surface area contributed by atoms with Crippen LogP contribution in [-0.4, -0.2) is 22.7 Å². The minimum atomic E-state index is -0.754. The van der Waals surface area contributed by atoms with Crippen molar-refractivity contribution in [2.45, 2.75) is 135 Å². The van der Waals surface area contributed by atoms with E-state index in [9.17, 15) is 10.1 Å². The topological polar surface area (TPSA) is 63.4 Å². The van der Waals surface area contributed by atoms with Crippen LogP contribution in [0.25, 0.3) is 0 Å². The van der Waals surface area contributed by atoms with Gasteiger partial charge in [0.15, 0.2) is 0 Å². The van der Waals surface area contributed by atoms with Gasteiger partial charge in [0, 0.05) is 11.3 Å². The molecule has 0 fully saturated rings. The fourth-order valence-electron chi connectivity index (χ4n) is 3.54. The Morgan fingerprint density at radius 2 is 0.962 bits per heavy atom. The highest BCUT2D eigenvalue weighted by Crippen LogP contribution is 2.15. The summed E-state index contributed by atoms with van der Waals surface area (Å²) >= 11 is 0. The first kappa shape index (κ1) is 25.4. The van der Waals surface area contributed by atoms with Crippen molar-refractivity contribution in [2.24, 2.45) is 0 Å². The van der Waals surface area contributed by atoms with E-state index in [4.69, 9.17) is 5.11 Å². The molecule has 0 radical (unpaired) electrons. The van der Waals surface area contributed by atoms with Gasteiger partial charge in [-0.1, -0.05) is 116 Å². The van der Waals surface area contributed by atoms with E-state index in [0.717, 1.165) is 12.8 Å². The summed E-state index contributed by atoms with van der Waals surface area (Å²) in [5, 5.41) is 19.5. The molecule has 1 atom stereocenters. The predicted octanol–water partition coefficient (Wildman–Crippen LogP) is 7.06. The van der Waals surface area contributed by atoms with Crippen LogP contribution in [0.1, 0.15) is 129 Å². The van der Waals surface area contributed by atoms with E-state index in [1.807, 2.05) is 0 Å². The molecule has 1 N–H and O–H groups in total. The number of nitrogens with zero attached hydrogens (tertiary/aromatic N) is 1. The van der Waals surface area contributed by atoms with Crippen LogP contribution in [0.4, 0.5) is 0 Å². The van der Waals surface area contributed by atoms with E-state index in [2.05, 4.69) is 6.92 Å². The molecule has 0 saturated heterocycles. The molecular weight excluding hydrogens is 326 g/mol. The van der Waals surface area contributed by atoms with Crippen LogP contribution in [-0.2, 0) is 0 Å². The normalized spacial score (nSPS) is 12.4. The summed E-state index contributed by atoms with van der Waals surface area (Å²) in [5.41, 5.74) is 0. The molecule has 26 heavy (non-hydrogen) atoms. The summed E-state index contributed by atoms with van der Waals surface area (Å²) in [5.74, 6) is 0. The molecule has 156 valence electrons. The minimum absolute atomic E-state index is 0.327. The van der Waals surface area contributed by atoms with Gasteiger partial charge in [-0.25, -0.2) is 0 Å². The highest BCUT2D eigenvalue weighted by Gasteiger charge is 2.17. The van der Waals surface area contributed by atoms with Gasteiger partial charge < -0.3 is 5.11 Å². The van der Waals surface area contributed by atoms with Crippen LogP contribution in [0.3, 0.4) is 0 Å². The number of hydrogen-bond acceptors (Lipinski definition) is 3. The molecule has 1 unspecified atom stereocenters. The maximum absolute atomic E-state index is 10.6. The molecule has 0 rings (SSSR count). The molecule has 0 aliphatic heterocycles. The monoisotopic (exact) mass is 371 g/mol. The van der Waals surface area contributed by atoms with Crippen molar-refractivity contribution in [1.82, 2.24) is 0 Å². The van der Waals surface area contributed by atoms with Crippen LogP contribution >= 0.6 is 0 Å². The van der Waals surface area contributed by atoms with Crippen LogP contribution in [0.15, 0.2) is 0 Å². The summed E-state index contributed by atoms with van der Waals surface area (Å²) in [4.78, 5) is 10.2. The molecule has 0 saturated carbocycles. The largest absolute Gasteiger partial charge is 0.389 e. The quantitative estimate of drug-likeness (QED) is 0.133. The minimum Gasteiger partial charge on any atom is -0.389 e. The fourth-order valence-corrected chi connectivity index (χ4v) is 3.54. The zero-order chi connectivity index (χ0) is 19.3. The zero-order valence-electron chi connectivity index (χ0n) is 17.4. The summed E-state index contributed by atoms with van der Waals surface area (Å²) in [6.07, 6.45) is 24.4. The van der Waals surface area contributed by atoms with Gasteiger partial charge in [-0.15, -0.1) is 0 Å². The molecule has 0 aliphatic rings. The maximum atomic E-state index is 10.6. The number of aliphatic hydroxyl groups is 1. The SMILES string of the molecule is CCCCCCCCCCCCCCCCCCCCC(CO)[N+](=O)[O-]. The smallest absolute Gasteiger partial charge is 0.235 e. The maximum Gasteiger partial charge on any atom is 0.235 e. The fraction of sp³-hybridized carbons (Fsp3) is 1.00. The number of hydrogen-bond donors (Lipinski definition) is 1. The van der Waals surface area contributed by atoms with E-state index in [0.29, 0.717) is 6.42 Å².